The number of piperidine rings is 1. The molecule has 0 aromatic heterocycles. The first-order valence-electron chi connectivity index (χ1n) is 8.02. The molecule has 0 saturated carbocycles. The quantitative estimate of drug-likeness (QED) is 0.777. The molecule has 5 heteroatoms. The lowest BCUT2D eigenvalue weighted by atomic mass is 9.88. The minimum atomic E-state index is -0.808. The number of carbonyl (C=O) groups excluding carboxylic acids is 1. The summed E-state index contributed by atoms with van der Waals surface area (Å²) < 4.78 is 0. The zero-order valence-electron chi connectivity index (χ0n) is 13.9. The Morgan fingerprint density at radius 3 is 2.71 bits per heavy atom. The van der Waals surface area contributed by atoms with Crippen molar-refractivity contribution in [2.75, 3.05) is 19.6 Å². The van der Waals surface area contributed by atoms with E-state index in [9.17, 15) is 10.1 Å². The van der Waals surface area contributed by atoms with Gasteiger partial charge in [0.25, 0.3) is 0 Å². The van der Waals surface area contributed by atoms with E-state index in [1.54, 1.807) is 6.92 Å². The van der Waals surface area contributed by atoms with Crippen molar-refractivity contribution in [1.29, 1.82) is 5.26 Å². The average Bonchev–Trinajstić information content (AvgIpc) is 2.47. The second-order valence-electron chi connectivity index (χ2n) is 6.68. The Hall–Kier alpha value is -1.12. The number of nitrogens with zero attached hydrogens (tertiary/aromatic N) is 2. The van der Waals surface area contributed by atoms with Gasteiger partial charge >= 0.3 is 0 Å². The summed E-state index contributed by atoms with van der Waals surface area (Å²) >= 11 is 0. The number of nitrogens with one attached hydrogen (secondary N) is 1. The van der Waals surface area contributed by atoms with Gasteiger partial charge in [0.05, 0.1) is 12.6 Å². The summed E-state index contributed by atoms with van der Waals surface area (Å²) in [5, 5.41) is 12.2. The molecule has 0 bridgehead atoms. The number of nitriles is 1. The molecule has 0 radical (unpaired) electrons. The van der Waals surface area contributed by atoms with Crippen LogP contribution in [-0.4, -0.2) is 42.0 Å². The molecular weight excluding hydrogens is 264 g/mol. The number of carbonyl (C=O) groups is 1. The molecule has 5 nitrogen and oxygen atoms in total. The zero-order chi connectivity index (χ0) is 16.0. The number of hydrogen-bond donors (Lipinski definition) is 2. The predicted octanol–water partition coefficient (Wildman–Crippen LogP) is 1.49. The van der Waals surface area contributed by atoms with Crippen molar-refractivity contribution >= 4 is 5.91 Å². The fourth-order valence-corrected chi connectivity index (χ4v) is 2.82. The highest BCUT2D eigenvalue weighted by Crippen LogP contribution is 2.24. The van der Waals surface area contributed by atoms with Crippen molar-refractivity contribution in [3.8, 4) is 6.07 Å². The molecule has 1 aliphatic heterocycles. The van der Waals surface area contributed by atoms with Gasteiger partial charge in [-0.1, -0.05) is 27.2 Å². The maximum Gasteiger partial charge on any atom is 0.235 e. The van der Waals surface area contributed by atoms with Gasteiger partial charge in [0.2, 0.25) is 5.91 Å². The molecule has 0 aromatic carbocycles. The maximum atomic E-state index is 12.3. The van der Waals surface area contributed by atoms with Crippen LogP contribution in [0.15, 0.2) is 0 Å². The minimum Gasteiger partial charge on any atom is -0.337 e. The van der Waals surface area contributed by atoms with Gasteiger partial charge in [0.15, 0.2) is 0 Å². The normalized spacial score (nSPS) is 26.1. The monoisotopic (exact) mass is 294 g/mol. The van der Waals surface area contributed by atoms with Crippen molar-refractivity contribution in [2.45, 2.75) is 58.5 Å². The van der Waals surface area contributed by atoms with Gasteiger partial charge in [-0.05, 0) is 38.1 Å². The minimum absolute atomic E-state index is 0.0718. The molecule has 0 aromatic rings. The molecule has 1 heterocycles. The van der Waals surface area contributed by atoms with Crippen LogP contribution in [0, 0.1) is 23.2 Å². The number of hydrogen-bond acceptors (Lipinski definition) is 4. The molecule has 1 saturated heterocycles. The van der Waals surface area contributed by atoms with Gasteiger partial charge in [-0.15, -0.1) is 0 Å². The smallest absolute Gasteiger partial charge is 0.235 e. The van der Waals surface area contributed by atoms with Crippen molar-refractivity contribution in [3.05, 3.63) is 0 Å². The van der Waals surface area contributed by atoms with Crippen LogP contribution in [0.2, 0.25) is 0 Å². The van der Waals surface area contributed by atoms with Gasteiger partial charge in [0.1, 0.15) is 5.54 Å². The van der Waals surface area contributed by atoms with E-state index in [2.05, 4.69) is 23.2 Å². The Morgan fingerprint density at radius 1 is 1.57 bits per heavy atom. The van der Waals surface area contributed by atoms with Gasteiger partial charge < -0.3 is 11.1 Å². The van der Waals surface area contributed by atoms with E-state index in [0.717, 1.165) is 25.3 Å². The van der Waals surface area contributed by atoms with Gasteiger partial charge in [-0.3, -0.25) is 9.69 Å². The third-order valence-electron chi connectivity index (χ3n) is 4.93. The highest BCUT2D eigenvalue weighted by atomic mass is 16.2. The second kappa shape index (κ2) is 7.77. The molecule has 21 heavy (non-hydrogen) atoms. The van der Waals surface area contributed by atoms with E-state index in [4.69, 9.17) is 5.73 Å². The molecule has 1 rings (SSSR count). The Labute approximate surface area is 128 Å². The summed E-state index contributed by atoms with van der Waals surface area (Å²) in [4.78, 5) is 14.4. The lowest BCUT2D eigenvalue weighted by Crippen LogP contribution is -2.55. The van der Waals surface area contributed by atoms with E-state index in [1.807, 2.05) is 13.8 Å². The first kappa shape index (κ1) is 17.9. The largest absolute Gasteiger partial charge is 0.337 e. The fraction of sp³-hybridized carbons (Fsp3) is 0.875. The van der Waals surface area contributed by atoms with Gasteiger partial charge in [-0.2, -0.15) is 5.26 Å². The molecule has 3 atom stereocenters. The second-order valence-corrected chi connectivity index (χ2v) is 6.68. The first-order valence-corrected chi connectivity index (χ1v) is 8.02. The van der Waals surface area contributed by atoms with E-state index in [1.165, 1.54) is 6.42 Å². The summed E-state index contributed by atoms with van der Waals surface area (Å²) in [6.07, 6.45) is 3.37. The molecule has 1 aliphatic rings. The molecule has 1 fully saturated rings. The summed E-state index contributed by atoms with van der Waals surface area (Å²) in [5.74, 6) is 0.710. The Kier molecular flexibility index (Phi) is 6.63. The van der Waals surface area contributed by atoms with Crippen LogP contribution < -0.4 is 11.1 Å². The highest BCUT2D eigenvalue weighted by molar-refractivity contribution is 5.79. The molecule has 0 aliphatic carbocycles. The van der Waals surface area contributed by atoms with Crippen LogP contribution in [0.5, 0.6) is 0 Å². The van der Waals surface area contributed by atoms with Crippen LogP contribution in [0.25, 0.3) is 0 Å². The van der Waals surface area contributed by atoms with Crippen LogP contribution >= 0.6 is 0 Å². The van der Waals surface area contributed by atoms with Crippen molar-refractivity contribution in [2.24, 2.45) is 17.6 Å². The van der Waals surface area contributed by atoms with Crippen LogP contribution in [0.3, 0.4) is 0 Å². The molecule has 3 unspecified atom stereocenters. The van der Waals surface area contributed by atoms with Gasteiger partial charge in [-0.25, -0.2) is 0 Å². The first-order chi connectivity index (χ1) is 9.86. The number of likely N-dealkylation sites (tertiary alicyclic amines) is 1. The number of nitrogens with two attached hydrogens (primary N) is 1. The van der Waals surface area contributed by atoms with Crippen molar-refractivity contribution in [3.63, 3.8) is 0 Å². The molecule has 1 amide bonds. The Morgan fingerprint density at radius 2 is 2.24 bits per heavy atom. The van der Waals surface area contributed by atoms with Crippen LogP contribution in [0.1, 0.15) is 47.0 Å². The molecule has 0 spiro atoms. The van der Waals surface area contributed by atoms with Crippen molar-refractivity contribution < 1.29 is 4.79 Å². The van der Waals surface area contributed by atoms with Crippen LogP contribution in [0.4, 0.5) is 0 Å². The molecule has 3 N–H and O–H groups in total. The van der Waals surface area contributed by atoms with Crippen LogP contribution in [-0.2, 0) is 4.79 Å². The zero-order valence-corrected chi connectivity index (χ0v) is 13.9. The predicted molar refractivity (Wildman–Crippen MR) is 84.4 cm³/mol. The third-order valence-corrected chi connectivity index (χ3v) is 4.93. The van der Waals surface area contributed by atoms with E-state index in [0.29, 0.717) is 13.1 Å². The average molecular weight is 294 g/mol. The number of amides is 1. The summed E-state index contributed by atoms with van der Waals surface area (Å²) in [7, 11) is 0. The lowest BCUT2D eigenvalue weighted by molar-refractivity contribution is -0.125. The highest BCUT2D eigenvalue weighted by Gasteiger charge is 2.32. The SMILES string of the molecule is CCC1CCN(CC(=O)NC(C)(C#N)C(C)C)C(CN)C1. The van der Waals surface area contributed by atoms with E-state index >= 15 is 0 Å². The third kappa shape index (κ3) is 4.69. The Bertz CT molecular complexity index is 390. The van der Waals surface area contributed by atoms with E-state index in [-0.39, 0.29) is 17.9 Å². The Balaban J connectivity index is 2.60. The molecule has 120 valence electrons. The maximum absolute atomic E-state index is 12.3. The summed E-state index contributed by atoms with van der Waals surface area (Å²) in [6.45, 7) is 9.71. The summed E-state index contributed by atoms with van der Waals surface area (Å²) in [5.41, 5.74) is 5.05. The van der Waals surface area contributed by atoms with E-state index < -0.39 is 5.54 Å². The molecular formula is C16H30N4O. The van der Waals surface area contributed by atoms with Crippen molar-refractivity contribution in [1.82, 2.24) is 10.2 Å². The standard InChI is InChI=1S/C16H30N4O/c1-5-13-6-7-20(14(8-13)9-17)10-15(21)19-16(4,11-18)12(2)3/h12-14H,5-10,17H2,1-4H3,(H,19,21). The summed E-state index contributed by atoms with van der Waals surface area (Å²) in [6, 6.07) is 2.49. The number of rotatable bonds is 6. The lowest BCUT2D eigenvalue weighted by Gasteiger charge is -2.39. The topological polar surface area (TPSA) is 82.2 Å². The van der Waals surface area contributed by atoms with Gasteiger partial charge in [0, 0.05) is 12.6 Å². The fourth-order valence-electron chi connectivity index (χ4n) is 2.82.